The summed E-state index contributed by atoms with van der Waals surface area (Å²) in [7, 11) is 0. The molecule has 0 unspecified atom stereocenters. The van der Waals surface area contributed by atoms with Gasteiger partial charge >= 0.3 is 0 Å². The summed E-state index contributed by atoms with van der Waals surface area (Å²) >= 11 is 0. The van der Waals surface area contributed by atoms with Gasteiger partial charge in [0.05, 0.1) is 23.0 Å². The Morgan fingerprint density at radius 3 is 1.87 bits per heavy atom. The molecule has 0 saturated heterocycles. The molecule has 7 aromatic rings. The number of nitriles is 1. The lowest BCUT2D eigenvalue weighted by molar-refractivity contribution is 0.660. The van der Waals surface area contributed by atoms with Crippen molar-refractivity contribution in [3.8, 4) is 73.4 Å². The maximum Gasteiger partial charge on any atom is 0.160 e. The van der Waals surface area contributed by atoms with Crippen LogP contribution in [0.5, 0.6) is 0 Å². The van der Waals surface area contributed by atoms with Crippen molar-refractivity contribution in [2.24, 2.45) is 0 Å². The first kappa shape index (κ1) is 28.3. The summed E-state index contributed by atoms with van der Waals surface area (Å²) in [6, 6.07) is 48.3. The molecule has 0 radical (unpaired) electrons. The first-order valence-electron chi connectivity index (χ1n) is 15.7. The Morgan fingerprint density at radius 1 is 0.511 bits per heavy atom. The molecule has 0 spiro atoms. The molecule has 4 nitrogen and oxygen atoms in total. The van der Waals surface area contributed by atoms with Gasteiger partial charge in [-0.15, -0.1) is 0 Å². The second-order valence-electron chi connectivity index (χ2n) is 12.5. The van der Waals surface area contributed by atoms with E-state index >= 15 is 0 Å². The van der Waals surface area contributed by atoms with Crippen LogP contribution in [0.1, 0.15) is 30.5 Å². The number of hydrogen-bond acceptors (Lipinski definition) is 4. The van der Waals surface area contributed by atoms with Gasteiger partial charge in [-0.2, -0.15) is 5.26 Å². The Kier molecular flexibility index (Phi) is 6.82. The number of rotatable bonds is 5. The minimum atomic E-state index is -0.194. The summed E-state index contributed by atoms with van der Waals surface area (Å²) in [5, 5.41) is 9.58. The summed E-state index contributed by atoms with van der Waals surface area (Å²) in [6.45, 7) is 4.53. The lowest BCUT2D eigenvalue weighted by Crippen LogP contribution is -2.15. The van der Waals surface area contributed by atoms with Crippen LogP contribution in [0, 0.1) is 11.3 Å². The molecule has 0 bridgehead atoms. The first-order chi connectivity index (χ1) is 23.0. The summed E-state index contributed by atoms with van der Waals surface area (Å²) in [5.41, 5.74) is 14.4. The van der Waals surface area contributed by atoms with Crippen molar-refractivity contribution in [2.75, 3.05) is 0 Å². The predicted molar refractivity (Wildman–Crippen MR) is 189 cm³/mol. The fourth-order valence-electron chi connectivity index (χ4n) is 6.71. The monoisotopic (exact) mass is 602 g/mol. The molecular formula is C43H30N4. The molecule has 0 N–H and O–H groups in total. The molecule has 47 heavy (non-hydrogen) atoms. The fraction of sp³-hybridized carbons (Fsp3) is 0.0698. The largest absolute Gasteiger partial charge is 0.264 e. The van der Waals surface area contributed by atoms with Crippen LogP contribution in [0.3, 0.4) is 0 Å². The van der Waals surface area contributed by atoms with E-state index in [-0.39, 0.29) is 5.41 Å². The second kappa shape index (κ2) is 11.3. The van der Waals surface area contributed by atoms with Gasteiger partial charge in [0.1, 0.15) is 0 Å². The van der Waals surface area contributed by atoms with Gasteiger partial charge in [-0.1, -0.05) is 98.8 Å². The molecule has 0 saturated carbocycles. The van der Waals surface area contributed by atoms with E-state index in [0.29, 0.717) is 11.4 Å². The highest BCUT2D eigenvalue weighted by Gasteiger charge is 2.35. The predicted octanol–water partition coefficient (Wildman–Crippen LogP) is 10.4. The van der Waals surface area contributed by atoms with E-state index in [1.165, 1.54) is 16.7 Å². The highest BCUT2D eigenvalue weighted by molar-refractivity contribution is 5.87. The molecule has 2 heterocycles. The van der Waals surface area contributed by atoms with Crippen LogP contribution in [0.4, 0.5) is 0 Å². The van der Waals surface area contributed by atoms with Gasteiger partial charge in [-0.05, 0) is 87.5 Å². The van der Waals surface area contributed by atoms with Gasteiger partial charge in [0.25, 0.3) is 0 Å². The van der Waals surface area contributed by atoms with Crippen LogP contribution in [0.25, 0.3) is 67.3 Å². The normalized spacial score (nSPS) is 12.6. The van der Waals surface area contributed by atoms with E-state index in [4.69, 9.17) is 9.97 Å². The van der Waals surface area contributed by atoms with Crippen molar-refractivity contribution in [2.45, 2.75) is 19.3 Å². The van der Waals surface area contributed by atoms with E-state index < -0.39 is 0 Å². The van der Waals surface area contributed by atoms with Crippen molar-refractivity contribution >= 4 is 0 Å². The Hall–Kier alpha value is -6.18. The van der Waals surface area contributed by atoms with Crippen LogP contribution >= 0.6 is 0 Å². The zero-order valence-corrected chi connectivity index (χ0v) is 26.1. The quantitative estimate of drug-likeness (QED) is 0.197. The molecule has 0 amide bonds. The van der Waals surface area contributed by atoms with E-state index in [0.717, 1.165) is 55.9 Å². The van der Waals surface area contributed by atoms with Crippen molar-refractivity contribution in [1.82, 2.24) is 15.0 Å². The molecule has 5 aromatic carbocycles. The molecular weight excluding hydrogens is 573 g/mol. The Morgan fingerprint density at radius 2 is 1.17 bits per heavy atom. The van der Waals surface area contributed by atoms with Crippen molar-refractivity contribution in [3.63, 3.8) is 0 Å². The smallest absolute Gasteiger partial charge is 0.160 e. The standard InChI is InChI=1S/C43H30N4/c1-43(2)38-18-15-28(26-44)20-37(38)36-17-16-31(24-39(36)43)33-21-34(32-14-9-19-45-27-32)23-35(22-33)41-25-40(29-10-5-3-6-11-29)46-42(47-41)30-12-7-4-8-13-30/h3-25,27H,1-2H3. The van der Waals surface area contributed by atoms with Crippen LogP contribution in [-0.2, 0) is 5.41 Å². The number of fused-ring (bicyclic) bond motifs is 3. The highest BCUT2D eigenvalue weighted by atomic mass is 14.9. The Labute approximate surface area is 274 Å². The third-order valence-electron chi connectivity index (χ3n) is 9.19. The summed E-state index contributed by atoms with van der Waals surface area (Å²) in [4.78, 5) is 14.6. The average molecular weight is 603 g/mol. The SMILES string of the molecule is CC1(C)c2ccc(C#N)cc2-c2ccc(-c3cc(-c4cccnc4)cc(-c4cc(-c5ccccc5)nc(-c5ccccc5)n4)c3)cc21. The van der Waals surface area contributed by atoms with Crippen molar-refractivity contribution in [1.29, 1.82) is 5.26 Å². The van der Waals surface area contributed by atoms with Gasteiger partial charge in [0.2, 0.25) is 0 Å². The minimum Gasteiger partial charge on any atom is -0.264 e. The van der Waals surface area contributed by atoms with E-state index in [1.807, 2.05) is 60.8 Å². The molecule has 1 aliphatic rings. The van der Waals surface area contributed by atoms with Crippen LogP contribution in [0.15, 0.2) is 146 Å². The zero-order chi connectivity index (χ0) is 32.0. The molecule has 8 rings (SSSR count). The third-order valence-corrected chi connectivity index (χ3v) is 9.19. The lowest BCUT2D eigenvalue weighted by Gasteiger charge is -2.22. The maximum absolute atomic E-state index is 9.58. The Balaban J connectivity index is 1.32. The van der Waals surface area contributed by atoms with Crippen LogP contribution in [0.2, 0.25) is 0 Å². The molecule has 4 heteroatoms. The summed E-state index contributed by atoms with van der Waals surface area (Å²) in [6.07, 6.45) is 3.71. The van der Waals surface area contributed by atoms with Gasteiger partial charge in [0.15, 0.2) is 5.82 Å². The van der Waals surface area contributed by atoms with Crippen molar-refractivity contribution < 1.29 is 0 Å². The molecule has 0 aliphatic heterocycles. The fourth-order valence-corrected chi connectivity index (χ4v) is 6.71. The number of pyridine rings is 1. The highest BCUT2D eigenvalue weighted by Crippen LogP contribution is 2.50. The minimum absolute atomic E-state index is 0.194. The lowest BCUT2D eigenvalue weighted by atomic mass is 9.81. The maximum atomic E-state index is 9.58. The zero-order valence-electron chi connectivity index (χ0n) is 26.1. The second-order valence-corrected chi connectivity index (χ2v) is 12.5. The number of benzene rings is 5. The first-order valence-corrected chi connectivity index (χ1v) is 15.7. The molecule has 0 fully saturated rings. The Bertz CT molecular complexity index is 2260. The van der Waals surface area contributed by atoms with Gasteiger partial charge in [-0.3, -0.25) is 4.98 Å². The van der Waals surface area contributed by atoms with Crippen LogP contribution < -0.4 is 0 Å². The average Bonchev–Trinajstić information content (AvgIpc) is 3.37. The topological polar surface area (TPSA) is 62.5 Å². The molecule has 1 aliphatic carbocycles. The van der Waals surface area contributed by atoms with E-state index in [2.05, 4.69) is 104 Å². The summed E-state index contributed by atoms with van der Waals surface area (Å²) in [5.74, 6) is 0.684. The van der Waals surface area contributed by atoms with E-state index in [9.17, 15) is 5.26 Å². The summed E-state index contributed by atoms with van der Waals surface area (Å²) < 4.78 is 0. The van der Waals surface area contributed by atoms with Gasteiger partial charge in [0, 0.05) is 40.1 Å². The van der Waals surface area contributed by atoms with Gasteiger partial charge in [-0.25, -0.2) is 9.97 Å². The molecule has 0 atom stereocenters. The van der Waals surface area contributed by atoms with Crippen LogP contribution in [-0.4, -0.2) is 15.0 Å². The van der Waals surface area contributed by atoms with Crippen molar-refractivity contribution in [3.05, 3.63) is 163 Å². The number of hydrogen-bond donors (Lipinski definition) is 0. The number of aromatic nitrogens is 3. The molecule has 2 aromatic heterocycles. The van der Waals surface area contributed by atoms with E-state index in [1.54, 1.807) is 6.20 Å². The third kappa shape index (κ3) is 5.09. The number of nitrogens with zero attached hydrogens (tertiary/aromatic N) is 4. The van der Waals surface area contributed by atoms with Gasteiger partial charge < -0.3 is 0 Å². The molecule has 222 valence electrons.